The van der Waals surface area contributed by atoms with Gasteiger partial charge in [-0.1, -0.05) is 19.9 Å². The molecular formula is C13H22N2. The lowest BCUT2D eigenvalue weighted by molar-refractivity contribution is 0.602. The van der Waals surface area contributed by atoms with Gasteiger partial charge in [0.05, 0.1) is 0 Å². The Hall–Kier alpha value is -1.02. The fourth-order valence-corrected chi connectivity index (χ4v) is 1.42. The quantitative estimate of drug-likeness (QED) is 0.724. The zero-order chi connectivity index (χ0) is 11.3. The molecule has 2 heteroatoms. The molecule has 1 rings (SSSR count). The Morgan fingerprint density at radius 3 is 2.40 bits per heavy atom. The van der Waals surface area contributed by atoms with Gasteiger partial charge in [-0.15, -0.1) is 0 Å². The highest BCUT2D eigenvalue weighted by Crippen LogP contribution is 2.13. The van der Waals surface area contributed by atoms with Crippen LogP contribution < -0.4 is 10.6 Å². The first-order chi connectivity index (χ1) is 7.09. The van der Waals surface area contributed by atoms with Crippen LogP contribution in [0.5, 0.6) is 0 Å². The van der Waals surface area contributed by atoms with Crippen molar-refractivity contribution in [2.24, 2.45) is 0 Å². The number of aryl methyl sites for hydroxylation is 2. The second-order valence-corrected chi connectivity index (χ2v) is 4.33. The fraction of sp³-hybridized carbons (Fsp3) is 0.538. The first-order valence-electron chi connectivity index (χ1n) is 5.64. The van der Waals surface area contributed by atoms with E-state index in [1.807, 2.05) is 0 Å². The summed E-state index contributed by atoms with van der Waals surface area (Å²) in [5.41, 5.74) is 3.90. The van der Waals surface area contributed by atoms with Gasteiger partial charge >= 0.3 is 0 Å². The lowest BCUT2D eigenvalue weighted by Gasteiger charge is -2.11. The standard InChI is InChI=1S/C13H22N2/c1-10(2)14-7-8-15-13-6-5-11(3)12(4)9-13/h5-6,9-10,14-15H,7-8H2,1-4H3. The maximum Gasteiger partial charge on any atom is 0.0343 e. The van der Waals surface area contributed by atoms with E-state index in [1.165, 1.54) is 16.8 Å². The highest BCUT2D eigenvalue weighted by atomic mass is 15.0. The van der Waals surface area contributed by atoms with Crippen molar-refractivity contribution < 1.29 is 0 Å². The summed E-state index contributed by atoms with van der Waals surface area (Å²) in [6.45, 7) is 10.6. The molecule has 0 aliphatic carbocycles. The minimum absolute atomic E-state index is 0.562. The molecule has 1 aromatic carbocycles. The van der Waals surface area contributed by atoms with Gasteiger partial charge in [0, 0.05) is 24.8 Å². The first-order valence-corrected chi connectivity index (χ1v) is 5.64. The normalized spacial score (nSPS) is 10.7. The van der Waals surface area contributed by atoms with E-state index in [1.54, 1.807) is 0 Å². The summed E-state index contributed by atoms with van der Waals surface area (Å²) in [6.07, 6.45) is 0. The lowest BCUT2D eigenvalue weighted by Crippen LogP contribution is -2.28. The average Bonchev–Trinajstić information content (AvgIpc) is 2.18. The largest absolute Gasteiger partial charge is 0.384 e. The van der Waals surface area contributed by atoms with Gasteiger partial charge in [0.1, 0.15) is 0 Å². The topological polar surface area (TPSA) is 24.1 Å². The molecule has 2 nitrogen and oxygen atoms in total. The summed E-state index contributed by atoms with van der Waals surface area (Å²) in [4.78, 5) is 0. The van der Waals surface area contributed by atoms with Crippen molar-refractivity contribution in [3.8, 4) is 0 Å². The third kappa shape index (κ3) is 4.34. The van der Waals surface area contributed by atoms with Gasteiger partial charge in [-0.25, -0.2) is 0 Å². The van der Waals surface area contributed by atoms with Crippen LogP contribution in [0.25, 0.3) is 0 Å². The average molecular weight is 206 g/mol. The maximum atomic E-state index is 3.41. The summed E-state index contributed by atoms with van der Waals surface area (Å²) in [5.74, 6) is 0. The van der Waals surface area contributed by atoms with Crippen molar-refractivity contribution in [2.75, 3.05) is 18.4 Å². The van der Waals surface area contributed by atoms with Crippen LogP contribution in [0.4, 0.5) is 5.69 Å². The highest BCUT2D eigenvalue weighted by Gasteiger charge is 1.96. The molecule has 0 unspecified atom stereocenters. The van der Waals surface area contributed by atoms with Crippen LogP contribution in [0.3, 0.4) is 0 Å². The van der Waals surface area contributed by atoms with Gasteiger partial charge in [-0.2, -0.15) is 0 Å². The third-order valence-electron chi connectivity index (χ3n) is 2.51. The number of nitrogens with one attached hydrogen (secondary N) is 2. The summed E-state index contributed by atoms with van der Waals surface area (Å²) < 4.78 is 0. The van der Waals surface area contributed by atoms with Gasteiger partial charge in [0.25, 0.3) is 0 Å². The Morgan fingerprint density at radius 1 is 1.07 bits per heavy atom. The molecule has 0 atom stereocenters. The number of hydrogen-bond donors (Lipinski definition) is 2. The van der Waals surface area contributed by atoms with Crippen molar-refractivity contribution in [1.29, 1.82) is 0 Å². The van der Waals surface area contributed by atoms with Gasteiger partial charge in [0.2, 0.25) is 0 Å². The summed E-state index contributed by atoms with van der Waals surface area (Å²) in [7, 11) is 0. The molecule has 0 aliphatic heterocycles. The SMILES string of the molecule is Cc1ccc(NCCNC(C)C)cc1C. The molecule has 0 aromatic heterocycles. The molecule has 0 fully saturated rings. The molecule has 0 spiro atoms. The number of rotatable bonds is 5. The first kappa shape index (κ1) is 12.1. The van der Waals surface area contributed by atoms with Crippen molar-refractivity contribution in [3.63, 3.8) is 0 Å². The van der Waals surface area contributed by atoms with Gasteiger partial charge < -0.3 is 10.6 Å². The fourth-order valence-electron chi connectivity index (χ4n) is 1.42. The predicted octanol–water partition coefficient (Wildman–Crippen LogP) is 2.71. The van der Waals surface area contributed by atoms with Crippen LogP contribution in [0.1, 0.15) is 25.0 Å². The second kappa shape index (κ2) is 5.76. The molecule has 0 heterocycles. The van der Waals surface area contributed by atoms with E-state index in [2.05, 4.69) is 56.5 Å². The monoisotopic (exact) mass is 206 g/mol. The van der Waals surface area contributed by atoms with Crippen LogP contribution in [0.15, 0.2) is 18.2 Å². The smallest absolute Gasteiger partial charge is 0.0343 e. The van der Waals surface area contributed by atoms with Crippen LogP contribution in [-0.2, 0) is 0 Å². The molecule has 2 N–H and O–H groups in total. The van der Waals surface area contributed by atoms with Crippen LogP contribution in [-0.4, -0.2) is 19.1 Å². The highest BCUT2D eigenvalue weighted by molar-refractivity contribution is 5.47. The Labute approximate surface area is 93.1 Å². The molecule has 0 bridgehead atoms. The number of hydrogen-bond acceptors (Lipinski definition) is 2. The van der Waals surface area contributed by atoms with E-state index in [4.69, 9.17) is 0 Å². The summed E-state index contributed by atoms with van der Waals surface area (Å²) >= 11 is 0. The molecule has 0 amide bonds. The van der Waals surface area contributed by atoms with Crippen molar-refractivity contribution in [3.05, 3.63) is 29.3 Å². The predicted molar refractivity (Wildman–Crippen MR) is 67.5 cm³/mol. The Morgan fingerprint density at radius 2 is 1.80 bits per heavy atom. The van der Waals surface area contributed by atoms with Crippen LogP contribution in [0.2, 0.25) is 0 Å². The van der Waals surface area contributed by atoms with Crippen LogP contribution in [0, 0.1) is 13.8 Å². The second-order valence-electron chi connectivity index (χ2n) is 4.33. The van der Waals surface area contributed by atoms with Crippen molar-refractivity contribution in [2.45, 2.75) is 33.7 Å². The van der Waals surface area contributed by atoms with Gasteiger partial charge in [-0.05, 0) is 37.1 Å². The minimum atomic E-state index is 0.562. The van der Waals surface area contributed by atoms with E-state index in [9.17, 15) is 0 Å². The molecule has 0 aliphatic rings. The molecule has 0 saturated heterocycles. The molecule has 1 aromatic rings. The van der Waals surface area contributed by atoms with Crippen LogP contribution >= 0.6 is 0 Å². The molecule has 0 radical (unpaired) electrons. The van der Waals surface area contributed by atoms with E-state index in [-0.39, 0.29) is 0 Å². The summed E-state index contributed by atoms with van der Waals surface area (Å²) in [5, 5.41) is 6.78. The zero-order valence-electron chi connectivity index (χ0n) is 10.2. The Kier molecular flexibility index (Phi) is 4.63. The minimum Gasteiger partial charge on any atom is -0.384 e. The number of benzene rings is 1. The summed E-state index contributed by atoms with van der Waals surface area (Å²) in [6, 6.07) is 7.06. The van der Waals surface area contributed by atoms with Crippen molar-refractivity contribution in [1.82, 2.24) is 5.32 Å². The Balaban J connectivity index is 2.35. The van der Waals surface area contributed by atoms with E-state index in [0.717, 1.165) is 13.1 Å². The molecule has 0 saturated carbocycles. The molecule has 84 valence electrons. The van der Waals surface area contributed by atoms with E-state index >= 15 is 0 Å². The molecular weight excluding hydrogens is 184 g/mol. The number of anilines is 1. The Bertz CT molecular complexity index is 305. The van der Waals surface area contributed by atoms with Gasteiger partial charge in [0.15, 0.2) is 0 Å². The maximum absolute atomic E-state index is 3.41. The zero-order valence-corrected chi connectivity index (χ0v) is 10.2. The third-order valence-corrected chi connectivity index (χ3v) is 2.51. The van der Waals surface area contributed by atoms with E-state index < -0.39 is 0 Å². The van der Waals surface area contributed by atoms with Crippen molar-refractivity contribution >= 4 is 5.69 Å². The molecule has 15 heavy (non-hydrogen) atoms. The van der Waals surface area contributed by atoms with E-state index in [0.29, 0.717) is 6.04 Å². The van der Waals surface area contributed by atoms with Gasteiger partial charge in [-0.3, -0.25) is 0 Å². The lowest BCUT2D eigenvalue weighted by atomic mass is 10.1.